The van der Waals surface area contributed by atoms with Gasteiger partial charge in [0.1, 0.15) is 17.9 Å². The van der Waals surface area contributed by atoms with Crippen LogP contribution in [0, 0.1) is 6.57 Å². The molecule has 2 aromatic carbocycles. The Balaban J connectivity index is 1.32. The van der Waals surface area contributed by atoms with Gasteiger partial charge in [0, 0.05) is 23.6 Å². The predicted octanol–water partition coefficient (Wildman–Crippen LogP) is 4.90. The van der Waals surface area contributed by atoms with E-state index in [0.717, 1.165) is 29.8 Å². The summed E-state index contributed by atoms with van der Waals surface area (Å²) in [5, 5.41) is 8.28. The standard InChI is InChI=1S/C24H23ClN6O2/c1-26-18-8-9-19-20(10-12-33-22(19)13-18)29-24(32)30-11-2-3-21(30)23-27-15-28-31(23)14-16-4-6-17(25)7-5-16/h4-9,13,15,20-21H,2-3,10-12,14H2,(H,29,32)/t20?,21-/m1/s1. The molecule has 0 spiro atoms. The average Bonchev–Trinajstić information content (AvgIpc) is 3.49. The lowest BCUT2D eigenvalue weighted by molar-refractivity contribution is 0.179. The lowest BCUT2D eigenvalue weighted by atomic mass is 10.00. The maximum absolute atomic E-state index is 13.3. The summed E-state index contributed by atoms with van der Waals surface area (Å²) in [4.78, 5) is 23.1. The molecule has 1 N–H and O–H groups in total. The molecule has 3 aromatic rings. The highest BCUT2D eigenvalue weighted by Crippen LogP contribution is 2.36. The minimum Gasteiger partial charge on any atom is -0.494 e. The largest absolute Gasteiger partial charge is 0.494 e. The molecular formula is C24H23ClN6O2. The van der Waals surface area contributed by atoms with E-state index in [0.29, 0.717) is 42.6 Å². The number of amides is 2. The number of carbonyl (C=O) groups is 1. The summed E-state index contributed by atoms with van der Waals surface area (Å²) in [6.45, 7) is 8.93. The van der Waals surface area contributed by atoms with Gasteiger partial charge in [-0.2, -0.15) is 5.10 Å². The minimum atomic E-state index is -0.158. The second kappa shape index (κ2) is 9.12. The zero-order valence-corrected chi connectivity index (χ0v) is 18.7. The Morgan fingerprint density at radius 1 is 1.24 bits per heavy atom. The van der Waals surface area contributed by atoms with Crippen LogP contribution < -0.4 is 10.1 Å². The number of ether oxygens (including phenoxy) is 1. The van der Waals surface area contributed by atoms with Gasteiger partial charge in [0.2, 0.25) is 0 Å². The smallest absolute Gasteiger partial charge is 0.318 e. The van der Waals surface area contributed by atoms with Crippen LogP contribution in [0.5, 0.6) is 5.75 Å². The van der Waals surface area contributed by atoms with Crippen molar-refractivity contribution in [2.24, 2.45) is 0 Å². The molecule has 9 heteroatoms. The first kappa shape index (κ1) is 21.3. The number of fused-ring (bicyclic) bond motifs is 1. The zero-order chi connectivity index (χ0) is 22.8. The maximum atomic E-state index is 13.3. The normalized spacial score (nSPS) is 19.5. The van der Waals surface area contributed by atoms with Crippen LogP contribution in [0.3, 0.4) is 0 Å². The molecule has 1 aromatic heterocycles. The van der Waals surface area contributed by atoms with Crippen LogP contribution in [-0.4, -0.2) is 38.8 Å². The highest BCUT2D eigenvalue weighted by molar-refractivity contribution is 6.30. The molecule has 2 amide bonds. The van der Waals surface area contributed by atoms with Crippen LogP contribution in [0.25, 0.3) is 4.85 Å². The first-order valence-electron chi connectivity index (χ1n) is 11.0. The van der Waals surface area contributed by atoms with Gasteiger partial charge in [-0.05, 0) is 36.6 Å². The third-order valence-electron chi connectivity index (χ3n) is 6.17. The van der Waals surface area contributed by atoms with Gasteiger partial charge in [0.15, 0.2) is 5.69 Å². The molecule has 2 aliphatic heterocycles. The molecule has 0 bridgehead atoms. The molecule has 1 unspecified atom stereocenters. The van der Waals surface area contributed by atoms with E-state index in [1.807, 2.05) is 39.9 Å². The molecule has 0 aliphatic carbocycles. The number of urea groups is 1. The van der Waals surface area contributed by atoms with E-state index in [9.17, 15) is 4.79 Å². The molecule has 33 heavy (non-hydrogen) atoms. The molecule has 2 aliphatic rings. The topological polar surface area (TPSA) is 76.6 Å². The molecule has 2 atom stereocenters. The van der Waals surface area contributed by atoms with Crippen LogP contribution >= 0.6 is 11.6 Å². The highest BCUT2D eigenvalue weighted by atomic mass is 35.5. The third kappa shape index (κ3) is 4.37. The first-order chi connectivity index (χ1) is 16.1. The molecular weight excluding hydrogens is 440 g/mol. The Morgan fingerprint density at radius 2 is 2.09 bits per heavy atom. The fraction of sp³-hybridized carbons (Fsp3) is 0.333. The Bertz CT molecular complexity index is 1200. The number of hydrogen-bond acceptors (Lipinski definition) is 4. The lowest BCUT2D eigenvalue weighted by Gasteiger charge is -2.31. The zero-order valence-electron chi connectivity index (χ0n) is 17.9. The van der Waals surface area contributed by atoms with Crippen molar-refractivity contribution in [3.05, 3.63) is 82.2 Å². The number of likely N-dealkylation sites (tertiary alicyclic amines) is 1. The van der Waals surface area contributed by atoms with Crippen molar-refractivity contribution in [2.45, 2.75) is 37.9 Å². The van der Waals surface area contributed by atoms with Crippen LogP contribution in [0.1, 0.15) is 48.3 Å². The van der Waals surface area contributed by atoms with Gasteiger partial charge in [0.05, 0.1) is 31.8 Å². The predicted molar refractivity (Wildman–Crippen MR) is 123 cm³/mol. The summed E-state index contributed by atoms with van der Waals surface area (Å²) >= 11 is 6.00. The van der Waals surface area contributed by atoms with Gasteiger partial charge >= 0.3 is 6.03 Å². The van der Waals surface area contributed by atoms with E-state index in [1.54, 1.807) is 18.5 Å². The highest BCUT2D eigenvalue weighted by Gasteiger charge is 2.35. The van der Waals surface area contributed by atoms with Crippen molar-refractivity contribution in [2.75, 3.05) is 13.2 Å². The molecule has 0 radical (unpaired) electrons. The van der Waals surface area contributed by atoms with E-state index in [-0.39, 0.29) is 18.1 Å². The monoisotopic (exact) mass is 462 g/mol. The van der Waals surface area contributed by atoms with E-state index in [1.165, 1.54) is 0 Å². The summed E-state index contributed by atoms with van der Waals surface area (Å²) in [6.07, 6.45) is 3.97. The number of aromatic nitrogens is 3. The summed E-state index contributed by atoms with van der Waals surface area (Å²) in [5.41, 5.74) is 2.50. The molecule has 1 saturated heterocycles. The number of carbonyl (C=O) groups excluding carboxylic acids is 1. The van der Waals surface area contributed by atoms with Gasteiger partial charge in [-0.15, -0.1) is 0 Å². The van der Waals surface area contributed by atoms with Crippen molar-refractivity contribution in [3.8, 4) is 5.75 Å². The molecule has 0 saturated carbocycles. The molecule has 1 fully saturated rings. The number of nitrogens with one attached hydrogen (secondary N) is 1. The van der Waals surface area contributed by atoms with Crippen molar-refractivity contribution >= 4 is 23.3 Å². The van der Waals surface area contributed by atoms with Gasteiger partial charge in [-0.3, -0.25) is 0 Å². The van der Waals surface area contributed by atoms with Crippen molar-refractivity contribution in [3.63, 3.8) is 0 Å². The van der Waals surface area contributed by atoms with E-state index in [4.69, 9.17) is 22.9 Å². The van der Waals surface area contributed by atoms with E-state index >= 15 is 0 Å². The van der Waals surface area contributed by atoms with Crippen molar-refractivity contribution in [1.82, 2.24) is 25.0 Å². The van der Waals surface area contributed by atoms with Crippen molar-refractivity contribution < 1.29 is 9.53 Å². The van der Waals surface area contributed by atoms with Crippen LogP contribution in [-0.2, 0) is 6.54 Å². The number of rotatable bonds is 4. The number of halogens is 1. The van der Waals surface area contributed by atoms with E-state index < -0.39 is 0 Å². The Labute approximate surface area is 197 Å². The van der Waals surface area contributed by atoms with Crippen molar-refractivity contribution in [1.29, 1.82) is 0 Å². The Hall–Kier alpha value is -3.57. The quantitative estimate of drug-likeness (QED) is 0.559. The molecule has 3 heterocycles. The number of hydrogen-bond donors (Lipinski definition) is 1. The van der Waals surface area contributed by atoms with Crippen LogP contribution in [0.4, 0.5) is 10.5 Å². The summed E-state index contributed by atoms with van der Waals surface area (Å²) in [6, 6.07) is 12.6. The second-order valence-electron chi connectivity index (χ2n) is 8.23. The van der Waals surface area contributed by atoms with Gasteiger partial charge in [-0.25, -0.2) is 19.3 Å². The summed E-state index contributed by atoms with van der Waals surface area (Å²) in [7, 11) is 0. The molecule has 8 nitrogen and oxygen atoms in total. The molecule has 5 rings (SSSR count). The first-order valence-corrected chi connectivity index (χ1v) is 11.3. The Kier molecular flexibility index (Phi) is 5.88. The Morgan fingerprint density at radius 3 is 2.91 bits per heavy atom. The molecule has 168 valence electrons. The van der Waals surface area contributed by atoms with E-state index in [2.05, 4.69) is 20.2 Å². The van der Waals surface area contributed by atoms with Gasteiger partial charge in [0.25, 0.3) is 0 Å². The fourth-order valence-electron chi connectivity index (χ4n) is 4.52. The summed E-state index contributed by atoms with van der Waals surface area (Å²) in [5.74, 6) is 1.45. The third-order valence-corrected chi connectivity index (χ3v) is 6.42. The summed E-state index contributed by atoms with van der Waals surface area (Å²) < 4.78 is 7.58. The second-order valence-corrected chi connectivity index (χ2v) is 8.66. The van der Waals surface area contributed by atoms with Crippen LogP contribution in [0.2, 0.25) is 5.02 Å². The average molecular weight is 463 g/mol. The SMILES string of the molecule is [C-]#[N+]c1ccc2c(c1)OCCC2NC(=O)N1CCC[C@@H]1c1ncnn1Cc1ccc(Cl)cc1. The maximum Gasteiger partial charge on any atom is 0.318 e. The van der Waals surface area contributed by atoms with Crippen LogP contribution in [0.15, 0.2) is 48.8 Å². The fourth-order valence-corrected chi connectivity index (χ4v) is 4.65. The number of benzene rings is 2. The van der Waals surface area contributed by atoms with Gasteiger partial charge in [-0.1, -0.05) is 35.9 Å². The number of nitrogens with zero attached hydrogens (tertiary/aromatic N) is 5. The minimum absolute atomic E-state index is 0.120. The van der Waals surface area contributed by atoms with Gasteiger partial charge < -0.3 is 15.0 Å². The lowest BCUT2D eigenvalue weighted by Crippen LogP contribution is -2.43.